The van der Waals surface area contributed by atoms with Gasteiger partial charge in [-0.05, 0) is 49.6 Å². The fourth-order valence-corrected chi connectivity index (χ4v) is 4.52. The summed E-state index contributed by atoms with van der Waals surface area (Å²) >= 11 is 0. The Bertz CT molecular complexity index is 1240. The standard InChI is InChI=1S/C26H28N3O5P/c27-17-7-6-11-23-26(30)29(18-19-13-15-21(16-14-19)34-35(31,32)33)24-12-5-4-10-22(24)25(28-23)20-8-2-1-3-9-20/h1-5,8-10,12-16,23H,6-7,11,17-18,27H2,(H2,31,32,33)/t23-/m0/s1. The number of hydrogen-bond acceptors (Lipinski definition) is 5. The van der Waals surface area contributed by atoms with Crippen LogP contribution < -0.4 is 15.2 Å². The summed E-state index contributed by atoms with van der Waals surface area (Å²) in [7, 11) is -4.64. The van der Waals surface area contributed by atoms with Gasteiger partial charge in [0.15, 0.2) is 0 Å². The molecule has 3 aromatic rings. The molecule has 182 valence electrons. The molecule has 3 aromatic carbocycles. The first kappa shape index (κ1) is 24.8. The lowest BCUT2D eigenvalue weighted by atomic mass is 10.00. The molecule has 4 N–H and O–H groups in total. The third-order valence-electron chi connectivity index (χ3n) is 5.75. The topological polar surface area (TPSA) is 125 Å². The Morgan fingerprint density at radius 1 is 0.943 bits per heavy atom. The van der Waals surface area contributed by atoms with Gasteiger partial charge in [-0.2, -0.15) is 0 Å². The van der Waals surface area contributed by atoms with Crippen LogP contribution in [-0.4, -0.2) is 34.0 Å². The summed E-state index contributed by atoms with van der Waals surface area (Å²) in [5.41, 5.74) is 9.82. The average Bonchev–Trinajstić information content (AvgIpc) is 2.95. The lowest BCUT2D eigenvalue weighted by molar-refractivity contribution is -0.120. The van der Waals surface area contributed by atoms with E-state index < -0.39 is 13.9 Å². The predicted molar refractivity (Wildman–Crippen MR) is 136 cm³/mol. The molecular weight excluding hydrogens is 465 g/mol. The van der Waals surface area contributed by atoms with Gasteiger partial charge in [-0.1, -0.05) is 60.7 Å². The summed E-state index contributed by atoms with van der Waals surface area (Å²) in [6.07, 6.45) is 2.19. The van der Waals surface area contributed by atoms with E-state index >= 15 is 0 Å². The van der Waals surface area contributed by atoms with Gasteiger partial charge in [-0.15, -0.1) is 0 Å². The molecule has 0 aliphatic carbocycles. The molecule has 35 heavy (non-hydrogen) atoms. The van der Waals surface area contributed by atoms with Crippen LogP contribution in [0, 0.1) is 0 Å². The number of anilines is 1. The molecular formula is C26H28N3O5P. The van der Waals surface area contributed by atoms with Crippen LogP contribution in [0.5, 0.6) is 5.75 Å². The summed E-state index contributed by atoms with van der Waals surface area (Å²) in [5.74, 6) is -0.0463. The van der Waals surface area contributed by atoms with Gasteiger partial charge in [0.05, 0.1) is 17.9 Å². The number of benzodiazepines with no additional fused rings is 1. The van der Waals surface area contributed by atoms with Gasteiger partial charge in [0.2, 0.25) is 0 Å². The second-order valence-electron chi connectivity index (χ2n) is 8.31. The van der Waals surface area contributed by atoms with Crippen LogP contribution in [0.1, 0.15) is 36.0 Å². The number of nitrogens with two attached hydrogens (primary N) is 1. The number of carbonyl (C=O) groups excluding carboxylic acids is 1. The average molecular weight is 494 g/mol. The van der Waals surface area contributed by atoms with Crippen LogP contribution >= 0.6 is 7.82 Å². The second-order valence-corrected chi connectivity index (χ2v) is 9.48. The number of phosphoric acid groups is 1. The molecule has 1 heterocycles. The maximum absolute atomic E-state index is 13.8. The van der Waals surface area contributed by atoms with Crippen molar-refractivity contribution < 1.29 is 23.7 Å². The Morgan fingerprint density at radius 3 is 2.31 bits per heavy atom. The van der Waals surface area contributed by atoms with E-state index in [1.807, 2.05) is 54.6 Å². The molecule has 1 aliphatic rings. The lowest BCUT2D eigenvalue weighted by Gasteiger charge is -2.25. The zero-order chi connectivity index (χ0) is 24.8. The van der Waals surface area contributed by atoms with Gasteiger partial charge < -0.3 is 15.2 Å². The molecule has 1 atom stereocenters. The van der Waals surface area contributed by atoms with E-state index in [-0.39, 0.29) is 18.2 Å². The monoisotopic (exact) mass is 493 g/mol. The number of carbonyl (C=O) groups is 1. The third-order valence-corrected chi connectivity index (χ3v) is 6.20. The highest BCUT2D eigenvalue weighted by atomic mass is 31.2. The number of aliphatic imine (C=N–C) groups is 1. The van der Waals surface area contributed by atoms with Crippen LogP contribution in [0.4, 0.5) is 5.69 Å². The zero-order valence-electron chi connectivity index (χ0n) is 19.2. The van der Waals surface area contributed by atoms with Crippen molar-refractivity contribution in [2.45, 2.75) is 31.8 Å². The van der Waals surface area contributed by atoms with Crippen molar-refractivity contribution >= 4 is 25.1 Å². The number of nitrogens with zero attached hydrogens (tertiary/aromatic N) is 2. The minimum Gasteiger partial charge on any atom is -0.404 e. The molecule has 8 nitrogen and oxygen atoms in total. The normalized spacial score (nSPS) is 15.9. The first-order valence-corrected chi connectivity index (χ1v) is 13.0. The molecule has 0 radical (unpaired) electrons. The van der Waals surface area contributed by atoms with Gasteiger partial charge in [0, 0.05) is 11.1 Å². The van der Waals surface area contributed by atoms with E-state index in [2.05, 4.69) is 4.52 Å². The highest BCUT2D eigenvalue weighted by molar-refractivity contribution is 7.46. The minimum atomic E-state index is -4.64. The Kier molecular flexibility index (Phi) is 7.78. The van der Waals surface area contributed by atoms with Crippen LogP contribution in [0.25, 0.3) is 0 Å². The van der Waals surface area contributed by atoms with Crippen molar-refractivity contribution in [2.24, 2.45) is 10.7 Å². The highest BCUT2D eigenvalue weighted by Gasteiger charge is 2.31. The molecule has 1 amide bonds. The Hall–Kier alpha value is -3.29. The Labute approximate surface area is 204 Å². The largest absolute Gasteiger partial charge is 0.524 e. The van der Waals surface area contributed by atoms with Crippen molar-refractivity contribution in [1.82, 2.24) is 0 Å². The molecule has 4 rings (SSSR count). The van der Waals surface area contributed by atoms with E-state index in [4.69, 9.17) is 20.5 Å². The van der Waals surface area contributed by atoms with Gasteiger partial charge in [0.1, 0.15) is 11.8 Å². The van der Waals surface area contributed by atoms with Crippen molar-refractivity contribution in [1.29, 1.82) is 0 Å². The number of unbranched alkanes of at least 4 members (excludes halogenated alkanes) is 1. The summed E-state index contributed by atoms with van der Waals surface area (Å²) in [6.45, 7) is 0.833. The number of amides is 1. The van der Waals surface area contributed by atoms with Crippen molar-refractivity contribution in [3.63, 3.8) is 0 Å². The molecule has 0 saturated heterocycles. The molecule has 0 fully saturated rings. The minimum absolute atomic E-state index is 0.0547. The van der Waals surface area contributed by atoms with Crippen molar-refractivity contribution in [3.05, 3.63) is 95.6 Å². The van der Waals surface area contributed by atoms with Gasteiger partial charge in [-0.25, -0.2) is 4.57 Å². The molecule has 0 bridgehead atoms. The van der Waals surface area contributed by atoms with E-state index in [9.17, 15) is 9.36 Å². The SMILES string of the molecule is NCCCC[C@@H]1N=C(c2ccccc2)c2ccccc2N(Cc2ccc(OP(=O)(O)O)cc2)C1=O. The van der Waals surface area contributed by atoms with E-state index in [0.29, 0.717) is 13.0 Å². The van der Waals surface area contributed by atoms with Crippen molar-refractivity contribution in [2.75, 3.05) is 11.4 Å². The van der Waals surface area contributed by atoms with Gasteiger partial charge in [-0.3, -0.25) is 19.6 Å². The van der Waals surface area contributed by atoms with Crippen LogP contribution in [-0.2, 0) is 15.9 Å². The number of hydrogen-bond donors (Lipinski definition) is 3. The van der Waals surface area contributed by atoms with E-state index in [1.165, 1.54) is 12.1 Å². The van der Waals surface area contributed by atoms with Gasteiger partial charge in [0.25, 0.3) is 5.91 Å². The fraction of sp³-hybridized carbons (Fsp3) is 0.231. The lowest BCUT2D eigenvalue weighted by Crippen LogP contribution is -2.37. The molecule has 0 unspecified atom stereocenters. The number of fused-ring (bicyclic) bond motifs is 1. The highest BCUT2D eigenvalue weighted by Crippen LogP contribution is 2.37. The quantitative estimate of drug-likeness (QED) is 0.305. The first-order chi connectivity index (χ1) is 16.9. The van der Waals surface area contributed by atoms with Crippen LogP contribution in [0.2, 0.25) is 0 Å². The molecule has 0 spiro atoms. The maximum atomic E-state index is 13.8. The first-order valence-electron chi connectivity index (χ1n) is 11.4. The van der Waals surface area contributed by atoms with Crippen LogP contribution in [0.3, 0.4) is 0 Å². The van der Waals surface area contributed by atoms with E-state index in [0.717, 1.165) is 40.9 Å². The zero-order valence-corrected chi connectivity index (χ0v) is 20.1. The van der Waals surface area contributed by atoms with Gasteiger partial charge >= 0.3 is 7.82 Å². The van der Waals surface area contributed by atoms with Crippen LogP contribution in [0.15, 0.2) is 83.9 Å². The molecule has 1 aliphatic heterocycles. The maximum Gasteiger partial charge on any atom is 0.524 e. The fourth-order valence-electron chi connectivity index (χ4n) is 4.12. The Morgan fingerprint density at radius 2 is 1.63 bits per heavy atom. The smallest absolute Gasteiger partial charge is 0.404 e. The summed E-state index contributed by atoms with van der Waals surface area (Å²) < 4.78 is 15.7. The number of phosphoric ester groups is 1. The number of rotatable bonds is 9. The molecule has 0 aromatic heterocycles. The number of para-hydroxylation sites is 1. The van der Waals surface area contributed by atoms with Crippen molar-refractivity contribution in [3.8, 4) is 5.75 Å². The third kappa shape index (κ3) is 6.24. The number of benzene rings is 3. The predicted octanol–water partition coefficient (Wildman–Crippen LogP) is 4.04. The summed E-state index contributed by atoms with van der Waals surface area (Å²) in [6, 6.07) is 23.3. The summed E-state index contributed by atoms with van der Waals surface area (Å²) in [4.78, 5) is 38.6. The summed E-state index contributed by atoms with van der Waals surface area (Å²) in [5, 5.41) is 0. The molecule has 9 heteroatoms. The second kappa shape index (κ2) is 11.0. The molecule has 0 saturated carbocycles. The van der Waals surface area contributed by atoms with E-state index in [1.54, 1.807) is 17.0 Å². The Balaban J connectivity index is 1.72.